The summed E-state index contributed by atoms with van der Waals surface area (Å²) in [6.45, 7) is 5.94. The van der Waals surface area contributed by atoms with Gasteiger partial charge in [0.05, 0.1) is 30.9 Å². The van der Waals surface area contributed by atoms with Gasteiger partial charge in [0.25, 0.3) is 0 Å². The molecule has 4 heteroatoms. The standard InChI is InChI=1S/C15H18N2O2/c1-11-10-19-12(2)8-17(11)9-15(18)14-5-3-13(7-16)4-6-14/h3-6,11-12H,8-10H2,1-2H3. The van der Waals surface area contributed by atoms with Crippen LogP contribution in [0.25, 0.3) is 0 Å². The van der Waals surface area contributed by atoms with Crippen molar-refractivity contribution in [2.45, 2.75) is 26.0 Å². The van der Waals surface area contributed by atoms with Crippen LogP contribution in [-0.2, 0) is 4.74 Å². The molecule has 1 aliphatic heterocycles. The number of Topliss-reactive ketones (excluding diaryl/α,β-unsaturated/α-hetero) is 1. The molecule has 0 saturated carbocycles. The summed E-state index contributed by atoms with van der Waals surface area (Å²) in [5.74, 6) is 0.0884. The molecule has 1 aromatic rings. The summed E-state index contributed by atoms with van der Waals surface area (Å²) in [5, 5.41) is 8.73. The van der Waals surface area contributed by atoms with E-state index in [-0.39, 0.29) is 17.9 Å². The van der Waals surface area contributed by atoms with Crippen LogP contribution in [0.4, 0.5) is 0 Å². The zero-order valence-electron chi connectivity index (χ0n) is 11.3. The molecular weight excluding hydrogens is 240 g/mol. The first kappa shape index (κ1) is 13.7. The number of nitriles is 1. The number of hydrogen-bond acceptors (Lipinski definition) is 4. The average molecular weight is 258 g/mol. The summed E-state index contributed by atoms with van der Waals surface area (Å²) in [4.78, 5) is 14.3. The van der Waals surface area contributed by atoms with E-state index in [1.165, 1.54) is 0 Å². The summed E-state index contributed by atoms with van der Waals surface area (Å²) < 4.78 is 5.55. The van der Waals surface area contributed by atoms with E-state index < -0.39 is 0 Å². The lowest BCUT2D eigenvalue weighted by Crippen LogP contribution is -2.49. The second kappa shape index (κ2) is 5.96. The number of ketones is 1. The average Bonchev–Trinajstić information content (AvgIpc) is 2.43. The third kappa shape index (κ3) is 3.40. The Morgan fingerprint density at radius 3 is 2.74 bits per heavy atom. The lowest BCUT2D eigenvalue weighted by atomic mass is 10.1. The number of carbonyl (C=O) groups excluding carboxylic acids is 1. The minimum Gasteiger partial charge on any atom is -0.376 e. The van der Waals surface area contributed by atoms with Crippen LogP contribution in [0, 0.1) is 11.3 Å². The third-order valence-electron chi connectivity index (χ3n) is 3.42. The Morgan fingerprint density at radius 1 is 1.42 bits per heavy atom. The largest absolute Gasteiger partial charge is 0.376 e. The number of nitrogens with zero attached hydrogens (tertiary/aromatic N) is 2. The van der Waals surface area contributed by atoms with Crippen LogP contribution >= 0.6 is 0 Å². The second-order valence-electron chi connectivity index (χ2n) is 5.03. The number of benzene rings is 1. The first-order valence-electron chi connectivity index (χ1n) is 6.49. The maximum atomic E-state index is 12.2. The maximum Gasteiger partial charge on any atom is 0.176 e. The van der Waals surface area contributed by atoms with Crippen molar-refractivity contribution in [3.63, 3.8) is 0 Å². The quantitative estimate of drug-likeness (QED) is 0.776. The molecule has 0 radical (unpaired) electrons. The fourth-order valence-corrected chi connectivity index (χ4v) is 2.20. The Hall–Kier alpha value is -1.70. The first-order chi connectivity index (χ1) is 9.10. The fourth-order valence-electron chi connectivity index (χ4n) is 2.20. The van der Waals surface area contributed by atoms with Crippen molar-refractivity contribution < 1.29 is 9.53 Å². The topological polar surface area (TPSA) is 53.3 Å². The highest BCUT2D eigenvalue weighted by molar-refractivity contribution is 5.97. The van der Waals surface area contributed by atoms with E-state index >= 15 is 0 Å². The van der Waals surface area contributed by atoms with Crippen LogP contribution in [0.5, 0.6) is 0 Å². The Bertz CT molecular complexity index is 490. The normalized spacial score (nSPS) is 23.8. The van der Waals surface area contributed by atoms with Gasteiger partial charge in [-0.2, -0.15) is 5.26 Å². The molecule has 1 aromatic carbocycles. The molecule has 2 rings (SSSR count). The molecule has 19 heavy (non-hydrogen) atoms. The minimum atomic E-state index is 0.0884. The molecule has 4 nitrogen and oxygen atoms in total. The molecule has 0 aromatic heterocycles. The van der Waals surface area contributed by atoms with Crippen molar-refractivity contribution in [3.05, 3.63) is 35.4 Å². The molecule has 2 atom stereocenters. The van der Waals surface area contributed by atoms with E-state index in [1.54, 1.807) is 24.3 Å². The van der Waals surface area contributed by atoms with E-state index in [0.29, 0.717) is 24.3 Å². The highest BCUT2D eigenvalue weighted by atomic mass is 16.5. The van der Waals surface area contributed by atoms with Gasteiger partial charge in [-0.05, 0) is 26.0 Å². The molecular formula is C15H18N2O2. The van der Waals surface area contributed by atoms with Crippen molar-refractivity contribution in [3.8, 4) is 6.07 Å². The molecule has 1 heterocycles. The van der Waals surface area contributed by atoms with E-state index in [9.17, 15) is 4.79 Å². The van der Waals surface area contributed by atoms with Gasteiger partial charge in [-0.1, -0.05) is 12.1 Å². The van der Waals surface area contributed by atoms with E-state index in [4.69, 9.17) is 10.00 Å². The molecule has 1 fully saturated rings. The van der Waals surface area contributed by atoms with E-state index in [2.05, 4.69) is 11.8 Å². The summed E-state index contributed by atoms with van der Waals surface area (Å²) in [6.07, 6.45) is 0.171. The van der Waals surface area contributed by atoms with Crippen LogP contribution in [0.2, 0.25) is 0 Å². The Kier molecular flexibility index (Phi) is 4.31. The predicted molar refractivity (Wildman–Crippen MR) is 71.9 cm³/mol. The zero-order chi connectivity index (χ0) is 13.8. The highest BCUT2D eigenvalue weighted by Crippen LogP contribution is 2.13. The molecule has 0 bridgehead atoms. The second-order valence-corrected chi connectivity index (χ2v) is 5.03. The number of morpholine rings is 1. The van der Waals surface area contributed by atoms with Gasteiger partial charge >= 0.3 is 0 Å². The lowest BCUT2D eigenvalue weighted by molar-refractivity contribution is -0.0460. The number of ether oxygens (including phenoxy) is 1. The van der Waals surface area contributed by atoms with Crippen LogP contribution in [-0.4, -0.2) is 42.5 Å². The van der Waals surface area contributed by atoms with Crippen LogP contribution in [0.15, 0.2) is 24.3 Å². The molecule has 1 saturated heterocycles. The Balaban J connectivity index is 2.01. The van der Waals surface area contributed by atoms with Crippen LogP contribution in [0.1, 0.15) is 29.8 Å². The van der Waals surface area contributed by atoms with Crippen molar-refractivity contribution in [2.24, 2.45) is 0 Å². The van der Waals surface area contributed by atoms with Gasteiger partial charge in [0.15, 0.2) is 5.78 Å². The van der Waals surface area contributed by atoms with Gasteiger partial charge in [0.2, 0.25) is 0 Å². The maximum absolute atomic E-state index is 12.2. The molecule has 0 aliphatic carbocycles. The lowest BCUT2D eigenvalue weighted by Gasteiger charge is -2.36. The van der Waals surface area contributed by atoms with Gasteiger partial charge < -0.3 is 4.74 Å². The third-order valence-corrected chi connectivity index (χ3v) is 3.42. The number of carbonyl (C=O) groups is 1. The summed E-state index contributed by atoms with van der Waals surface area (Å²) >= 11 is 0. The van der Waals surface area contributed by atoms with Gasteiger partial charge in [-0.15, -0.1) is 0 Å². The van der Waals surface area contributed by atoms with Gasteiger partial charge in [0.1, 0.15) is 0 Å². The van der Waals surface area contributed by atoms with Crippen molar-refractivity contribution in [2.75, 3.05) is 19.7 Å². The molecule has 1 aliphatic rings. The van der Waals surface area contributed by atoms with Crippen molar-refractivity contribution in [1.82, 2.24) is 4.90 Å². The molecule has 0 N–H and O–H groups in total. The summed E-state index contributed by atoms with van der Waals surface area (Å²) in [5.41, 5.74) is 1.23. The molecule has 2 unspecified atom stereocenters. The minimum absolute atomic E-state index is 0.0884. The number of rotatable bonds is 3. The smallest absolute Gasteiger partial charge is 0.176 e. The summed E-state index contributed by atoms with van der Waals surface area (Å²) in [6, 6.07) is 9.11. The van der Waals surface area contributed by atoms with E-state index in [1.807, 2.05) is 13.0 Å². The molecule has 0 amide bonds. The van der Waals surface area contributed by atoms with Crippen LogP contribution in [0.3, 0.4) is 0 Å². The van der Waals surface area contributed by atoms with Gasteiger partial charge in [-0.25, -0.2) is 0 Å². The van der Waals surface area contributed by atoms with Gasteiger partial charge in [0, 0.05) is 18.2 Å². The van der Waals surface area contributed by atoms with E-state index in [0.717, 1.165) is 6.54 Å². The SMILES string of the molecule is CC1CN(CC(=O)c2ccc(C#N)cc2)C(C)CO1. The summed E-state index contributed by atoms with van der Waals surface area (Å²) in [7, 11) is 0. The van der Waals surface area contributed by atoms with Gasteiger partial charge in [-0.3, -0.25) is 9.69 Å². The monoisotopic (exact) mass is 258 g/mol. The molecule has 100 valence electrons. The van der Waals surface area contributed by atoms with Crippen molar-refractivity contribution in [1.29, 1.82) is 5.26 Å². The van der Waals surface area contributed by atoms with Crippen molar-refractivity contribution >= 4 is 5.78 Å². The first-order valence-corrected chi connectivity index (χ1v) is 6.49. The number of hydrogen-bond donors (Lipinski definition) is 0. The Morgan fingerprint density at radius 2 is 2.11 bits per heavy atom. The molecule has 0 spiro atoms. The Labute approximate surface area is 113 Å². The van der Waals surface area contributed by atoms with Crippen LogP contribution < -0.4 is 0 Å². The highest BCUT2D eigenvalue weighted by Gasteiger charge is 2.25. The zero-order valence-corrected chi connectivity index (χ0v) is 11.3. The fraction of sp³-hybridized carbons (Fsp3) is 0.467. The predicted octanol–water partition coefficient (Wildman–Crippen LogP) is 1.85.